The van der Waals surface area contributed by atoms with Crippen LogP contribution >= 0.6 is 22.7 Å². The van der Waals surface area contributed by atoms with Crippen molar-refractivity contribution in [1.82, 2.24) is 4.98 Å². The molecule has 68 heavy (non-hydrogen) atoms. The zero-order chi connectivity index (χ0) is 45.3. The quantitative estimate of drug-likeness (QED) is 0.143. The van der Waals surface area contributed by atoms with E-state index in [1.54, 1.807) is 11.3 Å². The fourth-order valence-corrected chi connectivity index (χ4v) is 13.2. The Morgan fingerprint density at radius 1 is 0.471 bits per heavy atom. The molecule has 0 spiro atoms. The number of thiazole rings is 1. The first kappa shape index (κ1) is 40.6. The summed E-state index contributed by atoms with van der Waals surface area (Å²) in [5.74, 6) is 0.0519. The van der Waals surface area contributed by atoms with E-state index in [1.807, 2.05) is 11.3 Å². The fraction of sp³-hybridized carbons (Fsp3) is 0.0781. The van der Waals surface area contributed by atoms with Gasteiger partial charge in [0.15, 0.2) is 0 Å². The molecule has 12 aromatic rings. The molecule has 1 unspecified atom stereocenters. The van der Waals surface area contributed by atoms with E-state index in [2.05, 4.69) is 243 Å². The largest absolute Gasteiger partial charge is 0.310 e. The second-order valence-corrected chi connectivity index (χ2v) is 20.7. The molecule has 1 atom stereocenters. The Morgan fingerprint density at radius 3 is 1.97 bits per heavy atom. The highest BCUT2D eigenvalue weighted by Crippen LogP contribution is 2.51. The molecular formula is C64H46N2S2. The number of benzene rings is 10. The summed E-state index contributed by atoms with van der Waals surface area (Å²) in [6, 6.07) is 83.2. The molecule has 2 nitrogen and oxygen atoms in total. The normalized spacial score (nSPS) is 13.3. The van der Waals surface area contributed by atoms with Crippen LogP contribution in [0, 0.1) is 0 Å². The number of thiophene rings is 1. The molecule has 0 aliphatic heterocycles. The summed E-state index contributed by atoms with van der Waals surface area (Å²) in [5, 5.41) is 5.97. The molecule has 1 aliphatic rings. The van der Waals surface area contributed by atoms with Crippen LogP contribution in [0.3, 0.4) is 0 Å². The van der Waals surface area contributed by atoms with Gasteiger partial charge in [-0.15, -0.1) is 22.7 Å². The van der Waals surface area contributed by atoms with Crippen molar-refractivity contribution in [2.45, 2.75) is 31.6 Å². The highest BCUT2D eigenvalue weighted by molar-refractivity contribution is 7.26. The third-order valence-corrected chi connectivity index (χ3v) is 16.6. The van der Waals surface area contributed by atoms with E-state index in [1.165, 1.54) is 85.7 Å². The minimum atomic E-state index is -0.0883. The number of anilines is 3. The number of rotatable bonds is 9. The average Bonchev–Trinajstić information content (AvgIpc) is 4.06. The molecule has 13 rings (SSSR count). The van der Waals surface area contributed by atoms with Crippen molar-refractivity contribution in [2.75, 3.05) is 4.90 Å². The highest BCUT2D eigenvalue weighted by atomic mass is 32.1. The lowest BCUT2D eigenvalue weighted by Gasteiger charge is -2.29. The predicted molar refractivity (Wildman–Crippen MR) is 292 cm³/mol. The molecule has 0 amide bonds. The summed E-state index contributed by atoms with van der Waals surface area (Å²) >= 11 is 3.68. The van der Waals surface area contributed by atoms with Gasteiger partial charge in [-0.3, -0.25) is 0 Å². The molecule has 0 N–H and O–H groups in total. The molecule has 0 fully saturated rings. The van der Waals surface area contributed by atoms with Crippen LogP contribution in [0.25, 0.3) is 74.0 Å². The third-order valence-electron chi connectivity index (χ3n) is 14.3. The maximum atomic E-state index is 5.14. The molecule has 4 heteroatoms. The van der Waals surface area contributed by atoms with Gasteiger partial charge in [0, 0.05) is 53.8 Å². The summed E-state index contributed by atoms with van der Waals surface area (Å²) in [4.78, 5) is 7.63. The zero-order valence-corrected chi connectivity index (χ0v) is 39.5. The lowest BCUT2D eigenvalue weighted by atomic mass is 9.80. The summed E-state index contributed by atoms with van der Waals surface area (Å²) in [6.07, 6.45) is 0.850. The van der Waals surface area contributed by atoms with Gasteiger partial charge in [0.1, 0.15) is 5.01 Å². The van der Waals surface area contributed by atoms with Crippen molar-refractivity contribution < 1.29 is 0 Å². The molecule has 10 aromatic carbocycles. The van der Waals surface area contributed by atoms with Crippen LogP contribution in [0.5, 0.6) is 0 Å². The minimum Gasteiger partial charge on any atom is -0.310 e. The summed E-state index contributed by atoms with van der Waals surface area (Å²) in [6.45, 7) is 4.78. The number of hydrogen-bond donors (Lipinski definition) is 0. The van der Waals surface area contributed by atoms with E-state index in [0.29, 0.717) is 0 Å². The van der Waals surface area contributed by atoms with Crippen LogP contribution < -0.4 is 4.90 Å². The Kier molecular flexibility index (Phi) is 9.74. The maximum Gasteiger partial charge on any atom is 0.125 e. The number of fused-ring (bicyclic) bond motifs is 8. The van der Waals surface area contributed by atoms with Crippen LogP contribution in [-0.4, -0.2) is 4.98 Å². The highest BCUT2D eigenvalue weighted by Gasteiger charge is 2.35. The Hall–Kier alpha value is -7.63. The second kappa shape index (κ2) is 16.3. The van der Waals surface area contributed by atoms with Gasteiger partial charge >= 0.3 is 0 Å². The fourth-order valence-electron chi connectivity index (χ4n) is 11.0. The number of aromatic nitrogens is 1. The molecule has 0 radical (unpaired) electrons. The van der Waals surface area contributed by atoms with Crippen molar-refractivity contribution in [3.8, 4) is 32.8 Å². The molecule has 324 valence electrons. The average molecular weight is 907 g/mol. The van der Waals surface area contributed by atoms with Crippen molar-refractivity contribution in [3.05, 3.63) is 252 Å². The van der Waals surface area contributed by atoms with E-state index >= 15 is 0 Å². The van der Waals surface area contributed by atoms with Gasteiger partial charge < -0.3 is 4.90 Å². The van der Waals surface area contributed by atoms with Crippen LogP contribution in [0.4, 0.5) is 17.1 Å². The monoisotopic (exact) mass is 906 g/mol. The lowest BCUT2D eigenvalue weighted by molar-refractivity contribution is 0.658. The maximum absolute atomic E-state index is 5.14. The van der Waals surface area contributed by atoms with Crippen molar-refractivity contribution in [1.29, 1.82) is 0 Å². The van der Waals surface area contributed by atoms with E-state index in [0.717, 1.165) is 39.6 Å². The molecule has 0 saturated carbocycles. The van der Waals surface area contributed by atoms with Crippen molar-refractivity contribution >= 4 is 80.9 Å². The Balaban J connectivity index is 1.03. The van der Waals surface area contributed by atoms with Gasteiger partial charge in [0.25, 0.3) is 0 Å². The number of nitrogens with zero attached hydrogens (tertiary/aromatic N) is 2. The first-order chi connectivity index (χ1) is 33.5. The molecule has 2 aromatic heterocycles. The van der Waals surface area contributed by atoms with Crippen LogP contribution in [0.2, 0.25) is 0 Å². The third kappa shape index (κ3) is 6.78. The zero-order valence-electron chi connectivity index (χ0n) is 37.9. The van der Waals surface area contributed by atoms with Crippen LogP contribution in [0.15, 0.2) is 224 Å². The first-order valence-corrected chi connectivity index (χ1v) is 25.2. The van der Waals surface area contributed by atoms with Crippen molar-refractivity contribution in [3.63, 3.8) is 0 Å². The molecule has 0 saturated heterocycles. The van der Waals surface area contributed by atoms with Crippen LogP contribution in [-0.2, 0) is 11.8 Å². The molecular weight excluding hydrogens is 861 g/mol. The van der Waals surface area contributed by atoms with E-state index in [9.17, 15) is 0 Å². The van der Waals surface area contributed by atoms with Crippen LogP contribution in [0.1, 0.15) is 47.6 Å². The Labute approximate surface area is 405 Å². The Morgan fingerprint density at radius 2 is 1.13 bits per heavy atom. The smallest absolute Gasteiger partial charge is 0.125 e. The second-order valence-electron chi connectivity index (χ2n) is 18.6. The van der Waals surface area contributed by atoms with Gasteiger partial charge in [-0.05, 0) is 110 Å². The summed E-state index contributed by atoms with van der Waals surface area (Å²) in [7, 11) is 0. The van der Waals surface area contributed by atoms with E-state index in [4.69, 9.17) is 4.98 Å². The summed E-state index contributed by atoms with van der Waals surface area (Å²) in [5.41, 5.74) is 17.4. The SMILES string of the molecule is CC1(C)c2ccccc2-c2ccc(CC(c3ccc(-c4ccccc4)cc3)c3cc(N(c4ccccc4)c4cccc5c(-c6nc7ccccc7s6)cccc45)cc4c3sc3ccccc34)cc21. The summed E-state index contributed by atoms with van der Waals surface area (Å²) < 4.78 is 3.83. The van der Waals surface area contributed by atoms with Gasteiger partial charge in [0.2, 0.25) is 0 Å². The molecule has 0 bridgehead atoms. The van der Waals surface area contributed by atoms with Gasteiger partial charge in [-0.2, -0.15) is 0 Å². The molecule has 1 aliphatic carbocycles. The van der Waals surface area contributed by atoms with E-state index < -0.39 is 0 Å². The van der Waals surface area contributed by atoms with Gasteiger partial charge in [0.05, 0.1) is 15.9 Å². The first-order valence-electron chi connectivity index (χ1n) is 23.5. The van der Waals surface area contributed by atoms with Gasteiger partial charge in [-0.1, -0.05) is 190 Å². The number of hydrogen-bond acceptors (Lipinski definition) is 4. The number of para-hydroxylation sites is 2. The van der Waals surface area contributed by atoms with E-state index in [-0.39, 0.29) is 11.3 Å². The lowest BCUT2D eigenvalue weighted by Crippen LogP contribution is -2.15. The Bertz CT molecular complexity index is 3830. The predicted octanol–water partition coefficient (Wildman–Crippen LogP) is 18.3. The van der Waals surface area contributed by atoms with Gasteiger partial charge in [-0.25, -0.2) is 4.98 Å². The molecule has 2 heterocycles. The minimum absolute atomic E-state index is 0.0519. The standard InChI is InChI=1S/C64H46N2S2/c1-64(2)56-26-11-9-21-48(56)49-36-31-41(38-57(49)64)37-53(44-34-32-43(33-35-44)42-17-5-3-6-18-42)55-40-46(39-54-51-22-10-13-29-60(51)67-62(54)55)66(45-19-7-4-8-20-45)59-28-16-23-47-50(59)24-15-25-52(47)63-65-58-27-12-14-30-61(58)68-63/h3-36,38-40,53H,37H2,1-2H3. The van der Waals surface area contributed by atoms with Crippen molar-refractivity contribution in [2.24, 2.45) is 0 Å². The topological polar surface area (TPSA) is 16.1 Å².